The number of hydrogen-bond donors (Lipinski definition) is 2. The molecule has 3 rings (SSSR count). The third-order valence-electron chi connectivity index (χ3n) is 4.35. The van der Waals surface area contributed by atoms with Crippen molar-refractivity contribution < 1.29 is 14.4 Å². The number of ether oxygens (including phenoxy) is 1. The molecule has 0 bridgehead atoms. The van der Waals surface area contributed by atoms with Gasteiger partial charge < -0.3 is 21.0 Å². The Morgan fingerprint density at radius 1 is 1.07 bits per heavy atom. The van der Waals surface area contributed by atoms with Crippen LogP contribution in [-0.2, 0) is 11.4 Å². The lowest BCUT2D eigenvalue weighted by molar-refractivity contribution is 0.0516. The first-order valence-electron chi connectivity index (χ1n) is 8.93. The number of benzene rings is 3. The van der Waals surface area contributed by atoms with Crippen LogP contribution >= 0.6 is 23.2 Å². The van der Waals surface area contributed by atoms with Crippen LogP contribution in [0.3, 0.4) is 0 Å². The highest BCUT2D eigenvalue weighted by atomic mass is 35.5. The minimum atomic E-state index is -0.651. The third kappa shape index (κ3) is 5.03. The van der Waals surface area contributed by atoms with E-state index in [4.69, 9.17) is 44.2 Å². The van der Waals surface area contributed by atoms with Crippen LogP contribution in [0.5, 0.6) is 5.75 Å². The molecule has 0 spiro atoms. The lowest BCUT2D eigenvalue weighted by Crippen LogP contribution is -2.17. The summed E-state index contributed by atoms with van der Waals surface area (Å²) < 4.78 is 5.69. The molecule has 0 radical (unpaired) electrons. The van der Waals surface area contributed by atoms with Crippen molar-refractivity contribution >= 4 is 40.7 Å². The maximum absolute atomic E-state index is 12.4. The van der Waals surface area contributed by atoms with Crippen LogP contribution in [0.4, 0.5) is 5.69 Å². The van der Waals surface area contributed by atoms with Gasteiger partial charge in [-0.3, -0.25) is 0 Å². The molecule has 0 aliphatic rings. The molecule has 0 aliphatic heterocycles. The molecule has 0 unspecified atom stereocenters. The Kier molecular flexibility index (Phi) is 6.82. The van der Waals surface area contributed by atoms with Crippen molar-refractivity contribution in [3.8, 4) is 5.75 Å². The zero-order valence-electron chi connectivity index (χ0n) is 16.1. The fourth-order valence-corrected chi connectivity index (χ4v) is 3.01. The molecule has 0 aliphatic carbocycles. The van der Waals surface area contributed by atoms with Crippen molar-refractivity contribution in [2.45, 2.75) is 13.5 Å². The number of amidine groups is 1. The summed E-state index contributed by atoms with van der Waals surface area (Å²) in [4.78, 5) is 17.4. The molecule has 154 valence electrons. The average Bonchev–Trinajstić information content (AvgIpc) is 2.75. The van der Waals surface area contributed by atoms with Crippen LogP contribution in [0.15, 0.2) is 65.8 Å². The SMILES string of the molecule is Cc1c(N)cccc1/C(N)=N/OC(=O)c1cccc(COc2cccc(Cl)c2Cl)c1. The van der Waals surface area contributed by atoms with E-state index >= 15 is 0 Å². The molecule has 0 amide bonds. The number of rotatable bonds is 6. The molecular weight excluding hydrogens is 425 g/mol. The van der Waals surface area contributed by atoms with Crippen LogP contribution in [0.25, 0.3) is 0 Å². The standard InChI is InChI=1S/C22H19Cl2N3O3/c1-13-16(7-3-9-18(13)25)21(26)27-30-22(28)15-6-2-5-14(11-15)12-29-19-10-4-8-17(23)20(19)24/h2-11H,12,25H2,1H3,(H2,26,27). The molecular formula is C22H19Cl2N3O3. The van der Waals surface area contributed by atoms with Crippen LogP contribution in [-0.4, -0.2) is 11.8 Å². The van der Waals surface area contributed by atoms with E-state index in [0.717, 1.165) is 11.1 Å². The Balaban J connectivity index is 1.68. The highest BCUT2D eigenvalue weighted by Crippen LogP contribution is 2.32. The van der Waals surface area contributed by atoms with Gasteiger partial charge in [0.25, 0.3) is 0 Å². The second-order valence-electron chi connectivity index (χ2n) is 6.42. The molecule has 0 heterocycles. The van der Waals surface area contributed by atoms with Crippen molar-refractivity contribution in [3.05, 3.63) is 93.0 Å². The van der Waals surface area contributed by atoms with Gasteiger partial charge in [0.15, 0.2) is 5.84 Å². The highest BCUT2D eigenvalue weighted by Gasteiger charge is 2.12. The normalized spacial score (nSPS) is 11.2. The molecule has 8 heteroatoms. The van der Waals surface area contributed by atoms with Crippen molar-refractivity contribution in [1.29, 1.82) is 0 Å². The first kappa shape index (κ1) is 21.5. The fraction of sp³-hybridized carbons (Fsp3) is 0.0909. The Morgan fingerprint density at radius 2 is 1.80 bits per heavy atom. The molecule has 0 saturated carbocycles. The maximum atomic E-state index is 12.4. The van der Waals surface area contributed by atoms with Crippen LogP contribution in [0.1, 0.15) is 27.0 Å². The third-order valence-corrected chi connectivity index (χ3v) is 5.15. The number of halogens is 2. The molecule has 0 saturated heterocycles. The van der Waals surface area contributed by atoms with Gasteiger partial charge in [-0.2, -0.15) is 0 Å². The van der Waals surface area contributed by atoms with Gasteiger partial charge in [0.2, 0.25) is 0 Å². The van der Waals surface area contributed by atoms with E-state index in [0.29, 0.717) is 32.6 Å². The number of anilines is 1. The first-order chi connectivity index (χ1) is 14.4. The van der Waals surface area contributed by atoms with E-state index in [9.17, 15) is 4.79 Å². The topological polar surface area (TPSA) is 99.9 Å². The van der Waals surface area contributed by atoms with E-state index < -0.39 is 5.97 Å². The van der Waals surface area contributed by atoms with Crippen LogP contribution < -0.4 is 16.2 Å². The molecule has 3 aromatic carbocycles. The Hall–Kier alpha value is -3.22. The average molecular weight is 444 g/mol. The summed E-state index contributed by atoms with van der Waals surface area (Å²) in [6.45, 7) is 2.00. The zero-order chi connectivity index (χ0) is 21.7. The summed E-state index contributed by atoms with van der Waals surface area (Å²) in [5.74, 6) is -0.141. The number of nitrogens with zero attached hydrogens (tertiary/aromatic N) is 1. The van der Waals surface area contributed by atoms with Crippen molar-refractivity contribution in [2.24, 2.45) is 10.9 Å². The van der Waals surface area contributed by atoms with Gasteiger partial charge in [-0.25, -0.2) is 4.79 Å². The first-order valence-corrected chi connectivity index (χ1v) is 9.68. The van der Waals surface area contributed by atoms with E-state index in [1.165, 1.54) is 0 Å². The molecule has 30 heavy (non-hydrogen) atoms. The van der Waals surface area contributed by atoms with E-state index in [1.54, 1.807) is 54.6 Å². The van der Waals surface area contributed by atoms with Gasteiger partial charge in [0.1, 0.15) is 17.4 Å². The maximum Gasteiger partial charge on any atom is 0.365 e. The summed E-state index contributed by atoms with van der Waals surface area (Å²) >= 11 is 12.1. The Morgan fingerprint density at radius 3 is 2.60 bits per heavy atom. The number of carbonyl (C=O) groups is 1. The van der Waals surface area contributed by atoms with Gasteiger partial charge in [-0.1, -0.05) is 58.7 Å². The summed E-state index contributed by atoms with van der Waals surface area (Å²) in [6.07, 6.45) is 0. The summed E-state index contributed by atoms with van der Waals surface area (Å²) in [5.41, 5.74) is 14.8. The number of hydrogen-bond acceptors (Lipinski definition) is 5. The largest absolute Gasteiger partial charge is 0.487 e. The quantitative estimate of drug-likeness (QED) is 0.184. The summed E-state index contributed by atoms with van der Waals surface area (Å²) in [5, 5.41) is 4.47. The van der Waals surface area contributed by atoms with Gasteiger partial charge in [0.05, 0.1) is 10.6 Å². The molecule has 6 nitrogen and oxygen atoms in total. The zero-order valence-corrected chi connectivity index (χ0v) is 17.6. The summed E-state index contributed by atoms with van der Waals surface area (Å²) in [6, 6.07) is 17.1. The smallest absolute Gasteiger partial charge is 0.365 e. The number of nitrogen functional groups attached to an aromatic ring is 1. The molecule has 0 aromatic heterocycles. The van der Waals surface area contributed by atoms with Crippen molar-refractivity contribution in [2.75, 3.05) is 5.73 Å². The van der Waals surface area contributed by atoms with Crippen molar-refractivity contribution in [1.82, 2.24) is 0 Å². The van der Waals surface area contributed by atoms with E-state index in [2.05, 4.69) is 5.16 Å². The summed E-state index contributed by atoms with van der Waals surface area (Å²) in [7, 11) is 0. The lowest BCUT2D eigenvalue weighted by atomic mass is 10.1. The van der Waals surface area contributed by atoms with Crippen LogP contribution in [0, 0.1) is 6.92 Å². The highest BCUT2D eigenvalue weighted by molar-refractivity contribution is 6.42. The molecule has 0 atom stereocenters. The number of nitrogens with two attached hydrogens (primary N) is 2. The van der Waals surface area contributed by atoms with Gasteiger partial charge in [0, 0.05) is 11.3 Å². The van der Waals surface area contributed by atoms with E-state index in [1.807, 2.05) is 13.0 Å². The molecule has 3 aromatic rings. The minimum Gasteiger partial charge on any atom is -0.487 e. The van der Waals surface area contributed by atoms with Gasteiger partial charge in [-0.15, -0.1) is 0 Å². The van der Waals surface area contributed by atoms with Crippen LogP contribution in [0.2, 0.25) is 10.0 Å². The predicted molar refractivity (Wildman–Crippen MR) is 119 cm³/mol. The van der Waals surface area contributed by atoms with Gasteiger partial charge >= 0.3 is 5.97 Å². The minimum absolute atomic E-state index is 0.0586. The fourth-order valence-electron chi connectivity index (χ4n) is 2.67. The molecule has 0 fully saturated rings. The monoisotopic (exact) mass is 443 g/mol. The second-order valence-corrected chi connectivity index (χ2v) is 7.20. The van der Waals surface area contributed by atoms with E-state index in [-0.39, 0.29) is 12.4 Å². The number of oxime groups is 1. The Bertz CT molecular complexity index is 1120. The van der Waals surface area contributed by atoms with Gasteiger partial charge in [-0.05, 0) is 48.4 Å². The molecule has 4 N–H and O–H groups in total. The Labute approximate surface area is 184 Å². The lowest BCUT2D eigenvalue weighted by Gasteiger charge is -2.10. The number of carbonyl (C=O) groups excluding carboxylic acids is 1. The second kappa shape index (κ2) is 9.52. The predicted octanol–water partition coefficient (Wildman–Crippen LogP) is 4.94. The van der Waals surface area contributed by atoms with Crippen molar-refractivity contribution in [3.63, 3.8) is 0 Å².